The highest BCUT2D eigenvalue weighted by molar-refractivity contribution is 7.21. The number of para-hydroxylation sites is 1. The van der Waals surface area contributed by atoms with Gasteiger partial charge in [0.2, 0.25) is 0 Å². The van der Waals surface area contributed by atoms with Gasteiger partial charge >= 0.3 is 0 Å². The van der Waals surface area contributed by atoms with Crippen molar-refractivity contribution in [3.63, 3.8) is 0 Å². The third-order valence-corrected chi connectivity index (χ3v) is 5.17. The summed E-state index contributed by atoms with van der Waals surface area (Å²) in [7, 11) is 0. The number of non-ortho nitro benzene ring substituents is 1. The van der Waals surface area contributed by atoms with E-state index in [1.807, 2.05) is 24.3 Å². The van der Waals surface area contributed by atoms with E-state index in [2.05, 4.69) is 10.3 Å². The Morgan fingerprint density at radius 1 is 1.07 bits per heavy atom. The number of carbonyl (C=O) groups is 1. The predicted molar refractivity (Wildman–Crippen MR) is 108 cm³/mol. The van der Waals surface area contributed by atoms with Crippen molar-refractivity contribution in [2.45, 2.75) is 0 Å². The molecule has 0 atom stereocenters. The summed E-state index contributed by atoms with van der Waals surface area (Å²) < 4.78 is 0.989. The van der Waals surface area contributed by atoms with Crippen LogP contribution in [0.2, 0.25) is 0 Å². The third kappa shape index (κ3) is 3.40. The first kappa shape index (κ1) is 17.6. The van der Waals surface area contributed by atoms with E-state index in [4.69, 9.17) is 0 Å². The number of nitrogens with zero attached hydrogens (tertiary/aromatic N) is 2. The number of nitro benzene ring substituents is 1. The largest absolute Gasteiger partial charge is 0.507 e. The zero-order valence-electron chi connectivity index (χ0n) is 14.3. The molecule has 1 aromatic heterocycles. The fourth-order valence-corrected chi connectivity index (χ4v) is 3.73. The number of anilines is 1. The smallest absolute Gasteiger partial charge is 0.270 e. The van der Waals surface area contributed by atoms with Crippen LogP contribution in [0.1, 0.15) is 10.4 Å². The van der Waals surface area contributed by atoms with Crippen LogP contribution in [0.5, 0.6) is 5.75 Å². The molecule has 3 aromatic carbocycles. The number of aromatic nitrogens is 1. The van der Waals surface area contributed by atoms with E-state index >= 15 is 0 Å². The van der Waals surface area contributed by atoms with E-state index in [-0.39, 0.29) is 17.0 Å². The summed E-state index contributed by atoms with van der Waals surface area (Å²) in [6, 6.07) is 17.8. The minimum absolute atomic E-state index is 0.0485. The van der Waals surface area contributed by atoms with Crippen molar-refractivity contribution < 1.29 is 14.8 Å². The van der Waals surface area contributed by atoms with Gasteiger partial charge in [0, 0.05) is 23.4 Å². The summed E-state index contributed by atoms with van der Waals surface area (Å²) in [6.45, 7) is 0. The number of hydrogen-bond acceptors (Lipinski definition) is 6. The van der Waals surface area contributed by atoms with Gasteiger partial charge in [-0.05, 0) is 36.4 Å². The first-order valence-corrected chi connectivity index (χ1v) is 9.08. The Morgan fingerprint density at radius 2 is 1.89 bits per heavy atom. The molecule has 0 unspecified atom stereocenters. The summed E-state index contributed by atoms with van der Waals surface area (Å²) in [6.07, 6.45) is 0. The first-order valence-electron chi connectivity index (χ1n) is 8.26. The maximum Gasteiger partial charge on any atom is 0.270 e. The van der Waals surface area contributed by atoms with Gasteiger partial charge in [0.1, 0.15) is 10.8 Å². The normalized spacial score (nSPS) is 10.7. The number of nitrogens with one attached hydrogen (secondary N) is 1. The molecule has 0 saturated heterocycles. The van der Waals surface area contributed by atoms with Crippen LogP contribution in [0.15, 0.2) is 66.7 Å². The molecule has 0 bridgehead atoms. The lowest BCUT2D eigenvalue weighted by Crippen LogP contribution is -2.12. The van der Waals surface area contributed by atoms with Crippen molar-refractivity contribution in [3.05, 3.63) is 82.4 Å². The SMILES string of the molecule is O=C(Nc1ccc(O)c(-c2nc3ccccc3s2)c1)c1cccc([N+](=O)[O-])c1. The third-order valence-electron chi connectivity index (χ3n) is 4.10. The number of rotatable bonds is 4. The molecule has 0 fully saturated rings. The Labute approximate surface area is 163 Å². The second-order valence-electron chi connectivity index (χ2n) is 5.98. The van der Waals surface area contributed by atoms with Crippen molar-refractivity contribution in [1.82, 2.24) is 4.98 Å². The van der Waals surface area contributed by atoms with Crippen LogP contribution < -0.4 is 5.32 Å². The van der Waals surface area contributed by atoms with E-state index in [0.717, 1.165) is 10.2 Å². The van der Waals surface area contributed by atoms with Crippen molar-refractivity contribution in [2.24, 2.45) is 0 Å². The van der Waals surface area contributed by atoms with E-state index in [1.165, 1.54) is 41.7 Å². The highest BCUT2D eigenvalue weighted by Crippen LogP contribution is 2.36. The Balaban J connectivity index is 1.64. The van der Waals surface area contributed by atoms with E-state index in [9.17, 15) is 20.0 Å². The number of phenolic OH excluding ortho intramolecular Hbond substituents is 1. The highest BCUT2D eigenvalue weighted by atomic mass is 32.1. The number of aromatic hydroxyl groups is 1. The summed E-state index contributed by atoms with van der Waals surface area (Å²) in [4.78, 5) is 27.3. The standard InChI is InChI=1S/C20H13N3O4S/c24-17-9-8-13(21-19(25)12-4-3-5-14(10-12)23(26)27)11-15(17)20-22-16-6-1-2-7-18(16)28-20/h1-11,24H,(H,21,25). The molecule has 1 amide bonds. The Kier molecular flexibility index (Phi) is 4.46. The van der Waals surface area contributed by atoms with Crippen molar-refractivity contribution in [3.8, 4) is 16.3 Å². The predicted octanol–water partition coefficient (Wildman–Crippen LogP) is 4.83. The van der Waals surface area contributed by atoms with Crippen LogP contribution in [-0.2, 0) is 0 Å². The number of nitro groups is 1. The summed E-state index contributed by atoms with van der Waals surface area (Å²) >= 11 is 1.43. The van der Waals surface area contributed by atoms with Crippen LogP contribution in [0, 0.1) is 10.1 Å². The number of benzene rings is 3. The molecule has 0 saturated carbocycles. The van der Waals surface area contributed by atoms with Gasteiger partial charge in [-0.3, -0.25) is 14.9 Å². The molecule has 4 rings (SSSR count). The van der Waals surface area contributed by atoms with Crippen LogP contribution >= 0.6 is 11.3 Å². The molecule has 7 nitrogen and oxygen atoms in total. The molecule has 4 aromatic rings. The maximum absolute atomic E-state index is 12.5. The van der Waals surface area contributed by atoms with Crippen LogP contribution in [-0.4, -0.2) is 20.9 Å². The molecule has 8 heteroatoms. The van der Waals surface area contributed by atoms with Gasteiger partial charge in [-0.1, -0.05) is 18.2 Å². The average molecular weight is 391 g/mol. The fourth-order valence-electron chi connectivity index (χ4n) is 2.74. The van der Waals surface area contributed by atoms with Gasteiger partial charge in [0.25, 0.3) is 11.6 Å². The topological polar surface area (TPSA) is 105 Å². The van der Waals surface area contributed by atoms with Gasteiger partial charge in [0.05, 0.1) is 20.7 Å². The number of amides is 1. The molecule has 2 N–H and O–H groups in total. The number of fused-ring (bicyclic) bond motifs is 1. The summed E-state index contributed by atoms with van der Waals surface area (Å²) in [5.74, 6) is -0.433. The molecule has 0 spiro atoms. The first-order chi connectivity index (χ1) is 13.5. The number of hydrogen-bond donors (Lipinski definition) is 2. The Hall–Kier alpha value is -3.78. The van der Waals surface area contributed by atoms with Crippen LogP contribution in [0.4, 0.5) is 11.4 Å². The van der Waals surface area contributed by atoms with Gasteiger partial charge < -0.3 is 10.4 Å². The summed E-state index contributed by atoms with van der Waals surface area (Å²) in [5.41, 5.74) is 1.78. The van der Waals surface area contributed by atoms with Crippen LogP contribution in [0.3, 0.4) is 0 Å². The van der Waals surface area contributed by atoms with Crippen LogP contribution in [0.25, 0.3) is 20.8 Å². The molecule has 138 valence electrons. The van der Waals surface area contributed by atoms with Gasteiger partial charge in [0.15, 0.2) is 0 Å². The zero-order chi connectivity index (χ0) is 19.7. The van der Waals surface area contributed by atoms with Gasteiger partial charge in [-0.2, -0.15) is 0 Å². The maximum atomic E-state index is 12.5. The Bertz CT molecular complexity index is 1190. The lowest BCUT2D eigenvalue weighted by atomic mass is 10.1. The second kappa shape index (κ2) is 7.09. The quantitative estimate of drug-likeness (QED) is 0.294. The van der Waals surface area contributed by atoms with E-state index in [1.54, 1.807) is 12.1 Å². The fraction of sp³-hybridized carbons (Fsp3) is 0. The van der Waals surface area contributed by atoms with E-state index in [0.29, 0.717) is 16.3 Å². The second-order valence-corrected chi connectivity index (χ2v) is 7.01. The molecule has 0 aliphatic heterocycles. The zero-order valence-corrected chi connectivity index (χ0v) is 15.1. The van der Waals surface area contributed by atoms with Crippen molar-refractivity contribution >= 4 is 38.8 Å². The van der Waals surface area contributed by atoms with Gasteiger partial charge in [-0.25, -0.2) is 4.98 Å². The minimum Gasteiger partial charge on any atom is -0.507 e. The number of thiazole rings is 1. The summed E-state index contributed by atoms with van der Waals surface area (Å²) in [5, 5.41) is 24.5. The number of phenols is 1. The number of carbonyl (C=O) groups excluding carboxylic acids is 1. The molecule has 0 aliphatic rings. The van der Waals surface area contributed by atoms with Crippen molar-refractivity contribution in [1.29, 1.82) is 0 Å². The van der Waals surface area contributed by atoms with Crippen molar-refractivity contribution in [2.75, 3.05) is 5.32 Å². The molecule has 0 aliphatic carbocycles. The molecular weight excluding hydrogens is 378 g/mol. The lowest BCUT2D eigenvalue weighted by molar-refractivity contribution is -0.384. The lowest BCUT2D eigenvalue weighted by Gasteiger charge is -2.08. The highest BCUT2D eigenvalue weighted by Gasteiger charge is 2.14. The molecule has 0 radical (unpaired) electrons. The molecule has 28 heavy (non-hydrogen) atoms. The monoisotopic (exact) mass is 391 g/mol. The average Bonchev–Trinajstić information content (AvgIpc) is 3.13. The van der Waals surface area contributed by atoms with E-state index < -0.39 is 10.8 Å². The Morgan fingerprint density at radius 3 is 2.68 bits per heavy atom. The molecule has 1 heterocycles. The molecular formula is C20H13N3O4S. The minimum atomic E-state index is -0.553. The van der Waals surface area contributed by atoms with Gasteiger partial charge in [-0.15, -0.1) is 11.3 Å².